The summed E-state index contributed by atoms with van der Waals surface area (Å²) in [6.07, 6.45) is 9.48. The van der Waals surface area contributed by atoms with Crippen molar-refractivity contribution in [2.75, 3.05) is 19.7 Å². The van der Waals surface area contributed by atoms with Crippen molar-refractivity contribution in [2.45, 2.75) is 77.3 Å². The second kappa shape index (κ2) is 10.3. The molecule has 0 bridgehead atoms. The van der Waals surface area contributed by atoms with Gasteiger partial charge in [0.15, 0.2) is 0 Å². The van der Waals surface area contributed by atoms with Gasteiger partial charge in [-0.15, -0.1) is 0 Å². The third-order valence-electron chi connectivity index (χ3n) is 6.63. The topological polar surface area (TPSA) is 59.4 Å². The average Bonchev–Trinajstić information content (AvgIpc) is 3.38. The van der Waals surface area contributed by atoms with Gasteiger partial charge in [0, 0.05) is 18.6 Å². The van der Waals surface area contributed by atoms with Crippen molar-refractivity contribution in [3.8, 4) is 11.4 Å². The van der Waals surface area contributed by atoms with E-state index in [9.17, 15) is 4.79 Å². The fourth-order valence-corrected chi connectivity index (χ4v) is 4.83. The summed E-state index contributed by atoms with van der Waals surface area (Å²) >= 11 is 0. The van der Waals surface area contributed by atoms with Gasteiger partial charge in [-0.25, -0.2) is 4.68 Å². The summed E-state index contributed by atoms with van der Waals surface area (Å²) in [6, 6.07) is 10.7. The highest BCUT2D eigenvalue weighted by Gasteiger charge is 2.21. The molecule has 1 aromatic carbocycles. The van der Waals surface area contributed by atoms with Crippen LogP contribution in [-0.4, -0.2) is 52.4 Å². The number of aromatic nitrogens is 2. The Bertz CT molecular complexity index is 855. The molecule has 1 N–H and O–H groups in total. The SMILES string of the molecule is Cc1cc(C(=O)NC2CCCCC2)n(-c2ccc(OCCCN3CCC[C@H]3C)cc2)n1. The lowest BCUT2D eigenvalue weighted by Crippen LogP contribution is -2.37. The highest BCUT2D eigenvalue weighted by Crippen LogP contribution is 2.21. The molecule has 2 heterocycles. The van der Waals surface area contributed by atoms with Crippen molar-refractivity contribution >= 4 is 5.91 Å². The van der Waals surface area contributed by atoms with Gasteiger partial charge in [-0.3, -0.25) is 4.79 Å². The number of nitrogens with zero attached hydrogens (tertiary/aromatic N) is 3. The molecule has 1 aliphatic carbocycles. The highest BCUT2D eigenvalue weighted by molar-refractivity contribution is 5.93. The van der Waals surface area contributed by atoms with E-state index in [1.807, 2.05) is 37.3 Å². The molecule has 0 radical (unpaired) electrons. The van der Waals surface area contributed by atoms with Gasteiger partial charge in [0.1, 0.15) is 11.4 Å². The Kier molecular flexibility index (Phi) is 7.28. The van der Waals surface area contributed by atoms with Gasteiger partial charge in [0.2, 0.25) is 0 Å². The first kappa shape index (κ1) is 21.9. The predicted octanol–water partition coefficient (Wildman–Crippen LogP) is 4.50. The number of benzene rings is 1. The Labute approximate surface area is 186 Å². The van der Waals surface area contributed by atoms with Gasteiger partial charge in [0.05, 0.1) is 18.0 Å². The molecule has 1 saturated carbocycles. The molecule has 0 spiro atoms. The van der Waals surface area contributed by atoms with Crippen LogP contribution in [0.2, 0.25) is 0 Å². The molecular formula is C25H36N4O2. The first-order valence-corrected chi connectivity index (χ1v) is 11.9. The lowest BCUT2D eigenvalue weighted by Gasteiger charge is -2.22. The van der Waals surface area contributed by atoms with Gasteiger partial charge in [-0.2, -0.15) is 5.10 Å². The Morgan fingerprint density at radius 2 is 1.90 bits per heavy atom. The van der Waals surface area contributed by atoms with E-state index in [-0.39, 0.29) is 11.9 Å². The molecule has 1 aliphatic heterocycles. The van der Waals surface area contributed by atoms with E-state index in [1.54, 1.807) is 4.68 Å². The zero-order chi connectivity index (χ0) is 21.6. The summed E-state index contributed by atoms with van der Waals surface area (Å²) in [4.78, 5) is 15.4. The number of hydrogen-bond donors (Lipinski definition) is 1. The third kappa shape index (κ3) is 5.67. The number of carbonyl (C=O) groups excluding carboxylic acids is 1. The number of hydrogen-bond acceptors (Lipinski definition) is 4. The maximum atomic E-state index is 12.9. The molecule has 6 heteroatoms. The number of aryl methyl sites for hydroxylation is 1. The Hall–Kier alpha value is -2.34. The number of amides is 1. The van der Waals surface area contributed by atoms with E-state index in [4.69, 9.17) is 4.74 Å². The van der Waals surface area contributed by atoms with Crippen molar-refractivity contribution in [1.82, 2.24) is 20.0 Å². The lowest BCUT2D eigenvalue weighted by molar-refractivity contribution is 0.0920. The maximum absolute atomic E-state index is 12.9. The molecule has 0 unspecified atom stereocenters. The molecule has 1 aromatic heterocycles. The second-order valence-corrected chi connectivity index (χ2v) is 9.11. The molecule has 31 heavy (non-hydrogen) atoms. The van der Waals surface area contributed by atoms with Gasteiger partial charge in [0.25, 0.3) is 5.91 Å². The van der Waals surface area contributed by atoms with Crippen LogP contribution in [0.25, 0.3) is 5.69 Å². The van der Waals surface area contributed by atoms with Crippen LogP contribution < -0.4 is 10.1 Å². The summed E-state index contributed by atoms with van der Waals surface area (Å²) in [5.41, 5.74) is 2.31. The van der Waals surface area contributed by atoms with Crippen molar-refractivity contribution < 1.29 is 9.53 Å². The molecule has 2 aromatic rings. The van der Waals surface area contributed by atoms with Crippen molar-refractivity contribution in [3.05, 3.63) is 41.7 Å². The average molecular weight is 425 g/mol. The predicted molar refractivity (Wildman–Crippen MR) is 123 cm³/mol. The zero-order valence-electron chi connectivity index (χ0n) is 19.0. The van der Waals surface area contributed by atoms with Crippen LogP contribution in [0.1, 0.15) is 74.5 Å². The molecule has 1 amide bonds. The fraction of sp³-hybridized carbons (Fsp3) is 0.600. The van der Waals surface area contributed by atoms with E-state index >= 15 is 0 Å². The van der Waals surface area contributed by atoms with Crippen LogP contribution in [0, 0.1) is 6.92 Å². The van der Waals surface area contributed by atoms with Crippen molar-refractivity contribution in [3.63, 3.8) is 0 Å². The largest absolute Gasteiger partial charge is 0.494 e. The standard InChI is InChI=1S/C25H36N4O2/c1-19-18-24(25(30)26-21-9-4-3-5-10-21)29(27-19)22-11-13-23(14-12-22)31-17-7-16-28-15-6-8-20(28)2/h11-14,18,20-21H,3-10,15-17H2,1-2H3,(H,26,30)/t20-/m1/s1. The highest BCUT2D eigenvalue weighted by atomic mass is 16.5. The van der Waals surface area contributed by atoms with E-state index in [0.29, 0.717) is 11.7 Å². The van der Waals surface area contributed by atoms with Gasteiger partial charge in [-0.05, 0) is 82.8 Å². The first-order chi connectivity index (χ1) is 15.1. The quantitative estimate of drug-likeness (QED) is 0.634. The van der Waals surface area contributed by atoms with Crippen LogP contribution in [0.5, 0.6) is 5.75 Å². The molecule has 1 saturated heterocycles. The molecular weight excluding hydrogens is 388 g/mol. The minimum Gasteiger partial charge on any atom is -0.494 e. The number of nitrogens with one attached hydrogen (secondary N) is 1. The van der Waals surface area contributed by atoms with Crippen LogP contribution in [0.4, 0.5) is 0 Å². The first-order valence-electron chi connectivity index (χ1n) is 11.9. The monoisotopic (exact) mass is 424 g/mol. The zero-order valence-corrected chi connectivity index (χ0v) is 19.0. The van der Waals surface area contributed by atoms with Crippen molar-refractivity contribution in [2.24, 2.45) is 0 Å². The van der Waals surface area contributed by atoms with Crippen molar-refractivity contribution in [1.29, 1.82) is 0 Å². The van der Waals surface area contributed by atoms with Gasteiger partial charge < -0.3 is 15.0 Å². The minimum absolute atomic E-state index is 0.0380. The Morgan fingerprint density at radius 1 is 1.13 bits per heavy atom. The number of rotatable bonds is 8. The van der Waals surface area contributed by atoms with E-state index in [0.717, 1.165) is 49.5 Å². The lowest BCUT2D eigenvalue weighted by atomic mass is 9.95. The normalized spacial score (nSPS) is 20.1. The summed E-state index contributed by atoms with van der Waals surface area (Å²) in [7, 11) is 0. The smallest absolute Gasteiger partial charge is 0.270 e. The molecule has 2 aliphatic rings. The number of carbonyl (C=O) groups is 1. The molecule has 4 rings (SSSR count). The van der Waals surface area contributed by atoms with E-state index in [1.165, 1.54) is 38.6 Å². The van der Waals surface area contributed by atoms with Gasteiger partial charge >= 0.3 is 0 Å². The molecule has 168 valence electrons. The van der Waals surface area contributed by atoms with Crippen LogP contribution >= 0.6 is 0 Å². The fourth-order valence-electron chi connectivity index (χ4n) is 4.83. The van der Waals surface area contributed by atoms with E-state index in [2.05, 4.69) is 22.2 Å². The van der Waals surface area contributed by atoms with Crippen LogP contribution in [-0.2, 0) is 0 Å². The third-order valence-corrected chi connectivity index (χ3v) is 6.63. The number of likely N-dealkylation sites (tertiary alicyclic amines) is 1. The minimum atomic E-state index is -0.0380. The Balaban J connectivity index is 1.33. The van der Waals surface area contributed by atoms with Crippen LogP contribution in [0.3, 0.4) is 0 Å². The van der Waals surface area contributed by atoms with Gasteiger partial charge in [-0.1, -0.05) is 19.3 Å². The summed E-state index contributed by atoms with van der Waals surface area (Å²) in [6.45, 7) is 7.28. The Morgan fingerprint density at radius 3 is 2.61 bits per heavy atom. The molecule has 1 atom stereocenters. The summed E-state index contributed by atoms with van der Waals surface area (Å²) in [5.74, 6) is 0.819. The second-order valence-electron chi connectivity index (χ2n) is 9.11. The summed E-state index contributed by atoms with van der Waals surface area (Å²) in [5, 5.41) is 7.76. The molecule has 6 nitrogen and oxygen atoms in total. The maximum Gasteiger partial charge on any atom is 0.270 e. The summed E-state index contributed by atoms with van der Waals surface area (Å²) < 4.78 is 7.68. The van der Waals surface area contributed by atoms with E-state index < -0.39 is 0 Å². The number of ether oxygens (including phenoxy) is 1. The molecule has 2 fully saturated rings. The van der Waals surface area contributed by atoms with Crippen LogP contribution in [0.15, 0.2) is 30.3 Å².